The van der Waals surface area contributed by atoms with Crippen molar-refractivity contribution in [2.24, 2.45) is 4.99 Å². The Bertz CT molecular complexity index is 1040. The molecule has 26 heavy (non-hydrogen) atoms. The lowest BCUT2D eigenvalue weighted by Crippen LogP contribution is -2.36. The van der Waals surface area contributed by atoms with E-state index in [0.29, 0.717) is 22.8 Å². The third-order valence-electron chi connectivity index (χ3n) is 4.19. The van der Waals surface area contributed by atoms with Gasteiger partial charge in [-0.15, -0.1) is 0 Å². The minimum Gasteiger partial charge on any atom is -0.495 e. The second-order valence-electron chi connectivity index (χ2n) is 5.75. The largest absolute Gasteiger partial charge is 0.495 e. The van der Waals surface area contributed by atoms with E-state index in [1.807, 2.05) is 47.9 Å². The lowest BCUT2D eigenvalue weighted by Gasteiger charge is -2.23. The zero-order valence-corrected chi connectivity index (χ0v) is 15.3. The summed E-state index contributed by atoms with van der Waals surface area (Å²) in [5.74, 6) is 1.62. The molecular weight excluding hydrogens is 352 g/mol. The fourth-order valence-corrected chi connectivity index (χ4v) is 4.07. The Morgan fingerprint density at radius 3 is 2.85 bits per heavy atom. The van der Waals surface area contributed by atoms with Crippen LogP contribution in [0.2, 0.25) is 0 Å². The number of benzene rings is 2. The molecule has 0 radical (unpaired) electrons. The predicted octanol–water partition coefficient (Wildman–Crippen LogP) is 3.00. The van der Waals surface area contributed by atoms with Gasteiger partial charge in [0.1, 0.15) is 17.9 Å². The molecule has 1 aliphatic rings. The highest BCUT2D eigenvalue weighted by molar-refractivity contribution is 7.16. The van der Waals surface area contributed by atoms with E-state index in [-0.39, 0.29) is 12.5 Å². The molecule has 2 heterocycles. The number of aryl methyl sites for hydroxylation is 1. The van der Waals surface area contributed by atoms with Crippen molar-refractivity contribution in [3.05, 3.63) is 47.3 Å². The molecule has 0 bridgehead atoms. The Morgan fingerprint density at radius 2 is 2.08 bits per heavy atom. The molecule has 4 rings (SSSR count). The number of ether oxygens (including phenoxy) is 3. The smallest absolute Gasteiger partial charge is 0.292 e. The molecule has 0 aliphatic carbocycles. The van der Waals surface area contributed by atoms with Crippen LogP contribution in [-0.4, -0.2) is 30.3 Å². The maximum absolute atomic E-state index is 12.7. The van der Waals surface area contributed by atoms with Crippen LogP contribution in [0.3, 0.4) is 0 Å². The summed E-state index contributed by atoms with van der Waals surface area (Å²) in [5, 5.41) is 0. The van der Waals surface area contributed by atoms with Crippen LogP contribution in [0.5, 0.6) is 17.2 Å². The summed E-state index contributed by atoms with van der Waals surface area (Å²) in [6.45, 7) is 2.84. The van der Waals surface area contributed by atoms with Crippen LogP contribution in [0.25, 0.3) is 10.2 Å². The molecule has 1 unspecified atom stereocenters. The number of carbonyl (C=O) groups excluding carboxylic acids is 1. The summed E-state index contributed by atoms with van der Waals surface area (Å²) in [5.41, 5.74) is 0.945. The zero-order chi connectivity index (χ0) is 18.1. The SMILES string of the molecule is CCn1c(=NC(=O)C2COc3ccccc3O2)sc2cccc(OC)c21. The average molecular weight is 370 g/mol. The summed E-state index contributed by atoms with van der Waals surface area (Å²) in [7, 11) is 1.64. The molecule has 134 valence electrons. The van der Waals surface area contributed by atoms with Gasteiger partial charge in [-0.25, -0.2) is 0 Å². The fraction of sp³-hybridized carbons (Fsp3) is 0.263. The Balaban J connectivity index is 1.71. The highest BCUT2D eigenvalue weighted by Crippen LogP contribution is 2.31. The van der Waals surface area contributed by atoms with Crippen molar-refractivity contribution in [1.82, 2.24) is 4.57 Å². The molecule has 1 aromatic heterocycles. The molecule has 0 N–H and O–H groups in total. The quantitative estimate of drug-likeness (QED) is 0.711. The summed E-state index contributed by atoms with van der Waals surface area (Å²) in [6.07, 6.45) is -0.748. The van der Waals surface area contributed by atoms with E-state index < -0.39 is 6.10 Å². The molecule has 6 nitrogen and oxygen atoms in total. The molecule has 1 aliphatic heterocycles. The van der Waals surface area contributed by atoms with E-state index >= 15 is 0 Å². The second kappa shape index (κ2) is 6.84. The molecule has 1 amide bonds. The topological polar surface area (TPSA) is 62.1 Å². The number of nitrogens with zero attached hydrogens (tertiary/aromatic N) is 2. The van der Waals surface area contributed by atoms with Crippen molar-refractivity contribution >= 4 is 27.5 Å². The normalized spacial score (nSPS) is 16.7. The molecule has 0 fully saturated rings. The molecule has 7 heteroatoms. The Labute approximate surface area is 154 Å². The van der Waals surface area contributed by atoms with Crippen LogP contribution in [0.1, 0.15) is 6.92 Å². The van der Waals surface area contributed by atoms with Crippen LogP contribution in [0.15, 0.2) is 47.5 Å². The second-order valence-corrected chi connectivity index (χ2v) is 6.76. The van der Waals surface area contributed by atoms with Crippen molar-refractivity contribution in [2.45, 2.75) is 19.6 Å². The summed E-state index contributed by atoms with van der Waals surface area (Å²) < 4.78 is 19.8. The van der Waals surface area contributed by atoms with E-state index in [1.54, 1.807) is 13.2 Å². The van der Waals surface area contributed by atoms with Crippen molar-refractivity contribution in [3.8, 4) is 17.2 Å². The number of aromatic nitrogens is 1. The lowest BCUT2D eigenvalue weighted by atomic mass is 10.2. The number of fused-ring (bicyclic) bond motifs is 2. The zero-order valence-electron chi connectivity index (χ0n) is 14.5. The third-order valence-corrected chi connectivity index (χ3v) is 5.23. The number of hydrogen-bond acceptors (Lipinski definition) is 5. The first kappa shape index (κ1) is 16.7. The third kappa shape index (κ3) is 2.84. The van der Waals surface area contributed by atoms with Gasteiger partial charge in [-0.1, -0.05) is 29.5 Å². The van der Waals surface area contributed by atoms with E-state index in [4.69, 9.17) is 14.2 Å². The van der Waals surface area contributed by atoms with Gasteiger partial charge in [0.15, 0.2) is 16.3 Å². The maximum Gasteiger partial charge on any atom is 0.292 e. The summed E-state index contributed by atoms with van der Waals surface area (Å²) in [4.78, 5) is 17.6. The van der Waals surface area contributed by atoms with Gasteiger partial charge in [0.2, 0.25) is 6.10 Å². The minimum absolute atomic E-state index is 0.152. The number of methoxy groups -OCH3 is 1. The van der Waals surface area contributed by atoms with E-state index in [0.717, 1.165) is 16.0 Å². The van der Waals surface area contributed by atoms with Crippen LogP contribution < -0.4 is 19.0 Å². The monoisotopic (exact) mass is 370 g/mol. The van der Waals surface area contributed by atoms with Gasteiger partial charge < -0.3 is 18.8 Å². The molecule has 0 saturated heterocycles. The Hall–Kier alpha value is -2.80. The molecule has 0 spiro atoms. The van der Waals surface area contributed by atoms with Crippen LogP contribution in [-0.2, 0) is 11.3 Å². The highest BCUT2D eigenvalue weighted by atomic mass is 32.1. The van der Waals surface area contributed by atoms with Gasteiger partial charge in [0, 0.05) is 6.54 Å². The van der Waals surface area contributed by atoms with Gasteiger partial charge in [-0.2, -0.15) is 4.99 Å². The Morgan fingerprint density at radius 1 is 1.27 bits per heavy atom. The number of thiazole rings is 1. The molecule has 3 aromatic rings. The van der Waals surface area contributed by atoms with Crippen molar-refractivity contribution in [1.29, 1.82) is 0 Å². The van der Waals surface area contributed by atoms with E-state index in [2.05, 4.69) is 4.99 Å². The first-order chi connectivity index (χ1) is 12.7. The van der Waals surface area contributed by atoms with Crippen LogP contribution in [0.4, 0.5) is 0 Å². The van der Waals surface area contributed by atoms with Gasteiger partial charge in [-0.3, -0.25) is 4.79 Å². The van der Waals surface area contributed by atoms with Crippen molar-refractivity contribution in [3.63, 3.8) is 0 Å². The van der Waals surface area contributed by atoms with Crippen LogP contribution >= 0.6 is 11.3 Å². The average Bonchev–Trinajstić information content (AvgIpc) is 3.04. The first-order valence-electron chi connectivity index (χ1n) is 8.34. The number of carbonyl (C=O) groups is 1. The summed E-state index contributed by atoms with van der Waals surface area (Å²) in [6, 6.07) is 13.1. The highest BCUT2D eigenvalue weighted by Gasteiger charge is 2.27. The molecule has 2 aromatic carbocycles. The maximum atomic E-state index is 12.7. The first-order valence-corrected chi connectivity index (χ1v) is 9.16. The summed E-state index contributed by atoms with van der Waals surface area (Å²) >= 11 is 1.46. The standard InChI is InChI=1S/C19H18N2O4S/c1-3-21-17-14(23-2)9-6-10-16(17)26-19(21)20-18(22)15-11-24-12-7-4-5-8-13(12)25-15/h4-10,15H,3,11H2,1-2H3. The number of amides is 1. The number of para-hydroxylation sites is 3. The van der Waals surface area contributed by atoms with Crippen LogP contribution in [0, 0.1) is 0 Å². The van der Waals surface area contributed by atoms with E-state index in [9.17, 15) is 4.79 Å². The van der Waals surface area contributed by atoms with Gasteiger partial charge in [0.05, 0.1) is 11.8 Å². The van der Waals surface area contributed by atoms with Gasteiger partial charge >= 0.3 is 0 Å². The van der Waals surface area contributed by atoms with E-state index in [1.165, 1.54) is 11.3 Å². The van der Waals surface area contributed by atoms with Crippen molar-refractivity contribution < 1.29 is 19.0 Å². The van der Waals surface area contributed by atoms with Gasteiger partial charge in [0.25, 0.3) is 5.91 Å². The minimum atomic E-state index is -0.748. The molecule has 0 saturated carbocycles. The molecule has 1 atom stereocenters. The molecular formula is C19H18N2O4S. The Kier molecular flexibility index (Phi) is 4.38. The number of hydrogen-bond donors (Lipinski definition) is 0. The lowest BCUT2D eigenvalue weighted by molar-refractivity contribution is -0.127. The fourth-order valence-electron chi connectivity index (χ4n) is 2.95. The van der Waals surface area contributed by atoms with Gasteiger partial charge in [-0.05, 0) is 31.2 Å². The predicted molar refractivity (Wildman–Crippen MR) is 99.0 cm³/mol. The van der Waals surface area contributed by atoms with Crippen molar-refractivity contribution in [2.75, 3.05) is 13.7 Å². The number of rotatable bonds is 3.